The maximum absolute atomic E-state index is 12.4. The van der Waals surface area contributed by atoms with Crippen LogP contribution >= 0.6 is 0 Å². The molecule has 7 nitrogen and oxygen atoms in total. The van der Waals surface area contributed by atoms with Crippen LogP contribution in [0.25, 0.3) is 0 Å². The van der Waals surface area contributed by atoms with E-state index in [9.17, 15) is 18.0 Å². The molecule has 0 aromatic heterocycles. The van der Waals surface area contributed by atoms with Gasteiger partial charge in [-0.05, 0) is 57.6 Å². The number of amides is 2. The number of ether oxygens (including phenoxy) is 1. The lowest BCUT2D eigenvalue weighted by atomic mass is 10.0. The highest BCUT2D eigenvalue weighted by Gasteiger charge is 2.26. The summed E-state index contributed by atoms with van der Waals surface area (Å²) in [6.45, 7) is 7.36. The molecule has 0 saturated carbocycles. The van der Waals surface area contributed by atoms with Crippen LogP contribution in [0.5, 0.6) is 0 Å². The van der Waals surface area contributed by atoms with Crippen molar-refractivity contribution in [3.8, 4) is 0 Å². The Morgan fingerprint density at radius 2 is 1.47 bits per heavy atom. The molecule has 2 N–H and O–H groups in total. The molecule has 0 saturated heterocycles. The normalized spacial score (nSPS) is 12.8. The van der Waals surface area contributed by atoms with Crippen LogP contribution in [0.15, 0.2) is 24.3 Å². The van der Waals surface area contributed by atoms with E-state index in [4.69, 9.17) is 4.74 Å². The predicted molar refractivity (Wildman–Crippen MR) is 128 cm³/mol. The summed E-state index contributed by atoms with van der Waals surface area (Å²) < 4.78 is 30.1. The summed E-state index contributed by atoms with van der Waals surface area (Å²) in [5.41, 5.74) is 1.57. The Kier molecular flexibility index (Phi) is 11.8. The van der Waals surface area contributed by atoms with Gasteiger partial charge in [-0.2, -0.15) is 0 Å². The molecule has 1 rings (SSSR count). The Bertz CT molecular complexity index is 814. The van der Waals surface area contributed by atoms with E-state index >= 15 is 0 Å². The second-order valence-corrected chi connectivity index (χ2v) is 11.1. The minimum atomic E-state index is -3.74. The molecule has 0 heterocycles. The summed E-state index contributed by atoms with van der Waals surface area (Å²) >= 11 is 0. The first kappa shape index (κ1) is 27.9. The number of sulfonamides is 1. The van der Waals surface area contributed by atoms with Gasteiger partial charge in [0, 0.05) is 0 Å². The molecule has 0 aliphatic rings. The van der Waals surface area contributed by atoms with Crippen LogP contribution in [0.4, 0.5) is 4.79 Å². The molecular formula is C24H40N2O5S. The number of carbonyl (C=O) groups excluding carboxylic acids is 2. The molecule has 0 fully saturated rings. The first-order valence-electron chi connectivity index (χ1n) is 11.5. The first-order chi connectivity index (χ1) is 14.9. The van der Waals surface area contributed by atoms with E-state index in [0.29, 0.717) is 6.42 Å². The van der Waals surface area contributed by atoms with Gasteiger partial charge in [0.25, 0.3) is 5.91 Å². The monoisotopic (exact) mass is 468 g/mol. The minimum Gasteiger partial charge on any atom is -0.444 e. The van der Waals surface area contributed by atoms with Crippen molar-refractivity contribution in [1.82, 2.24) is 10.0 Å². The Balaban J connectivity index is 2.63. The van der Waals surface area contributed by atoms with E-state index in [2.05, 4.69) is 24.4 Å². The zero-order chi connectivity index (χ0) is 24.2. The Labute approximate surface area is 193 Å². The standard InChI is InChI=1S/C24H40N2O5S/c1-6-7-8-9-10-11-12-19-13-15-20(16-14-19)17-18-21(22(27)26-32(5,29)30)25-23(28)31-24(2,3)4/h13-16,21H,6-12,17-18H2,1-5H3,(H,25,28)(H,26,27). The molecule has 0 bridgehead atoms. The van der Waals surface area contributed by atoms with Crippen LogP contribution in [0.2, 0.25) is 0 Å². The molecule has 1 aromatic carbocycles. The number of hydrogen-bond donors (Lipinski definition) is 2. The molecule has 0 spiro atoms. The topological polar surface area (TPSA) is 102 Å². The van der Waals surface area contributed by atoms with Crippen molar-refractivity contribution >= 4 is 22.0 Å². The summed E-state index contributed by atoms with van der Waals surface area (Å²) in [6.07, 6.45) is 9.52. The number of carbonyl (C=O) groups is 2. The first-order valence-corrected chi connectivity index (χ1v) is 13.4. The summed E-state index contributed by atoms with van der Waals surface area (Å²) in [4.78, 5) is 24.5. The molecule has 2 amide bonds. The van der Waals surface area contributed by atoms with Crippen molar-refractivity contribution in [2.24, 2.45) is 0 Å². The average molecular weight is 469 g/mol. The fraction of sp³-hybridized carbons (Fsp3) is 0.667. The van der Waals surface area contributed by atoms with Crippen molar-refractivity contribution < 1.29 is 22.7 Å². The van der Waals surface area contributed by atoms with Gasteiger partial charge in [-0.1, -0.05) is 63.3 Å². The second kappa shape index (κ2) is 13.5. The summed E-state index contributed by atoms with van der Waals surface area (Å²) in [6, 6.07) is 7.20. The van der Waals surface area contributed by atoms with Crippen LogP contribution in [-0.4, -0.2) is 38.3 Å². The quantitative estimate of drug-likeness (QED) is 0.415. The van der Waals surface area contributed by atoms with Crippen LogP contribution in [0, 0.1) is 0 Å². The SMILES string of the molecule is CCCCCCCCc1ccc(CCC(NC(=O)OC(C)(C)C)C(=O)NS(C)(=O)=O)cc1. The maximum atomic E-state index is 12.4. The highest BCUT2D eigenvalue weighted by atomic mass is 32.2. The lowest BCUT2D eigenvalue weighted by Crippen LogP contribution is -2.49. The van der Waals surface area contributed by atoms with E-state index in [1.54, 1.807) is 20.8 Å². The second-order valence-electron chi connectivity index (χ2n) is 9.31. The lowest BCUT2D eigenvalue weighted by Gasteiger charge is -2.23. The van der Waals surface area contributed by atoms with Gasteiger partial charge in [-0.15, -0.1) is 0 Å². The number of aryl methyl sites for hydroxylation is 2. The molecular weight excluding hydrogens is 428 g/mol. The third kappa shape index (κ3) is 13.3. The molecule has 182 valence electrons. The van der Waals surface area contributed by atoms with Gasteiger partial charge in [-0.25, -0.2) is 13.2 Å². The molecule has 0 radical (unpaired) electrons. The Hall–Kier alpha value is -2.09. The highest BCUT2D eigenvalue weighted by Crippen LogP contribution is 2.13. The van der Waals surface area contributed by atoms with Gasteiger partial charge in [0.2, 0.25) is 10.0 Å². The molecule has 1 atom stereocenters. The largest absolute Gasteiger partial charge is 0.444 e. The van der Waals surface area contributed by atoms with Crippen molar-refractivity contribution in [2.45, 2.75) is 97.1 Å². The maximum Gasteiger partial charge on any atom is 0.408 e. The molecule has 32 heavy (non-hydrogen) atoms. The molecule has 8 heteroatoms. The third-order valence-corrected chi connectivity index (χ3v) is 5.43. The van der Waals surface area contributed by atoms with E-state index < -0.39 is 33.7 Å². The number of alkyl carbamates (subject to hydrolysis) is 1. The van der Waals surface area contributed by atoms with Crippen LogP contribution in [0.1, 0.15) is 83.8 Å². The fourth-order valence-electron chi connectivity index (χ4n) is 3.27. The predicted octanol–water partition coefficient (Wildman–Crippen LogP) is 4.49. The summed E-state index contributed by atoms with van der Waals surface area (Å²) in [5, 5.41) is 2.49. The zero-order valence-electron chi connectivity index (χ0n) is 20.2. The van der Waals surface area contributed by atoms with Gasteiger partial charge in [-0.3, -0.25) is 9.52 Å². The van der Waals surface area contributed by atoms with Gasteiger partial charge < -0.3 is 10.1 Å². The fourth-order valence-corrected chi connectivity index (χ4v) is 3.77. The highest BCUT2D eigenvalue weighted by molar-refractivity contribution is 7.89. The van der Waals surface area contributed by atoms with Crippen molar-refractivity contribution in [3.63, 3.8) is 0 Å². The van der Waals surface area contributed by atoms with Crippen LogP contribution < -0.4 is 10.0 Å². The number of unbranched alkanes of at least 4 members (excludes halogenated alkanes) is 5. The van der Waals surface area contributed by atoms with E-state index in [0.717, 1.165) is 18.2 Å². The van der Waals surface area contributed by atoms with E-state index in [1.165, 1.54) is 44.1 Å². The van der Waals surface area contributed by atoms with E-state index in [1.807, 2.05) is 16.9 Å². The number of rotatable bonds is 13. The number of nitrogens with one attached hydrogen (secondary N) is 2. The third-order valence-electron chi connectivity index (χ3n) is 4.86. The van der Waals surface area contributed by atoms with Gasteiger partial charge in [0.15, 0.2) is 0 Å². The average Bonchev–Trinajstić information content (AvgIpc) is 2.66. The summed E-state index contributed by atoms with van der Waals surface area (Å²) in [5.74, 6) is -0.780. The number of hydrogen-bond acceptors (Lipinski definition) is 5. The Morgan fingerprint density at radius 1 is 0.938 bits per heavy atom. The molecule has 0 aliphatic carbocycles. The number of benzene rings is 1. The molecule has 1 aromatic rings. The van der Waals surface area contributed by atoms with Gasteiger partial charge in [0.05, 0.1) is 6.26 Å². The summed E-state index contributed by atoms with van der Waals surface area (Å²) in [7, 11) is -3.74. The van der Waals surface area contributed by atoms with Gasteiger partial charge in [0.1, 0.15) is 11.6 Å². The lowest BCUT2D eigenvalue weighted by molar-refractivity contribution is -0.121. The van der Waals surface area contributed by atoms with E-state index in [-0.39, 0.29) is 6.42 Å². The van der Waals surface area contributed by atoms with Crippen molar-refractivity contribution in [1.29, 1.82) is 0 Å². The van der Waals surface area contributed by atoms with Crippen molar-refractivity contribution in [2.75, 3.05) is 6.26 Å². The van der Waals surface area contributed by atoms with Crippen molar-refractivity contribution in [3.05, 3.63) is 35.4 Å². The minimum absolute atomic E-state index is 0.247. The molecule has 1 unspecified atom stereocenters. The Morgan fingerprint density at radius 3 is 2.00 bits per heavy atom. The van der Waals surface area contributed by atoms with Crippen LogP contribution in [-0.2, 0) is 32.4 Å². The smallest absolute Gasteiger partial charge is 0.408 e. The van der Waals surface area contributed by atoms with Gasteiger partial charge >= 0.3 is 6.09 Å². The molecule has 0 aliphatic heterocycles. The zero-order valence-corrected chi connectivity index (χ0v) is 21.0. The van der Waals surface area contributed by atoms with Crippen LogP contribution in [0.3, 0.4) is 0 Å².